The number of fused-ring (bicyclic) bond motifs is 2. The molecule has 8 heterocycles. The number of nitrogens with zero attached hydrogens (tertiary/aromatic N) is 7. The van der Waals surface area contributed by atoms with E-state index in [2.05, 4.69) is 34.9 Å². The molecule has 5 aromatic rings. The van der Waals surface area contributed by atoms with Crippen molar-refractivity contribution in [3.8, 4) is 0 Å². The Bertz CT molecular complexity index is 3220. The maximum Gasteiger partial charge on any atom is 0.472 e. The molecule has 0 aromatic carbocycles. The lowest BCUT2D eigenvalue weighted by atomic mass is 10.0. The predicted molar refractivity (Wildman–Crippen MR) is 252 cm³/mol. The molecular formula is C35H48N13O18P3S2. The first-order valence-electron chi connectivity index (χ1n) is 21.3. The number of rotatable bonds is 19. The summed E-state index contributed by atoms with van der Waals surface area (Å²) in [4.78, 5) is 107. The summed E-state index contributed by atoms with van der Waals surface area (Å²) in [6.07, 6.45) is -8.24. The van der Waals surface area contributed by atoms with Gasteiger partial charge in [0, 0.05) is 36.7 Å². The second-order valence-corrected chi connectivity index (χ2v) is 23.8. The first kappa shape index (κ1) is 53.0. The van der Waals surface area contributed by atoms with Gasteiger partial charge in [-0.05, 0) is 36.5 Å². The second kappa shape index (κ2) is 20.9. The summed E-state index contributed by atoms with van der Waals surface area (Å²) >= 11 is 10.8. The molecule has 0 aliphatic carbocycles. The van der Waals surface area contributed by atoms with Crippen molar-refractivity contribution < 1.29 is 65.7 Å². The van der Waals surface area contributed by atoms with Crippen LogP contribution in [0.4, 0.5) is 11.9 Å². The number of imidazole rings is 2. The van der Waals surface area contributed by atoms with E-state index in [9.17, 15) is 43.5 Å². The maximum atomic E-state index is 13.0. The van der Waals surface area contributed by atoms with E-state index in [4.69, 9.17) is 81.8 Å². The highest BCUT2D eigenvalue weighted by molar-refractivity contribution is 8.07. The molecule has 0 amide bonds. The number of aliphatic hydroxyl groups excluding tert-OH is 1. The number of aromatic nitrogens is 10. The van der Waals surface area contributed by atoms with E-state index in [1.165, 1.54) is 34.9 Å². The van der Waals surface area contributed by atoms with Gasteiger partial charge in [0.25, 0.3) is 16.7 Å². The number of nitrogens with one attached hydrogen (secondary N) is 4. The summed E-state index contributed by atoms with van der Waals surface area (Å²) < 4.78 is 68.9. The van der Waals surface area contributed by atoms with E-state index >= 15 is 0 Å². The van der Waals surface area contributed by atoms with Crippen LogP contribution in [-0.4, -0.2) is 137 Å². The van der Waals surface area contributed by atoms with Crippen molar-refractivity contribution in [3.63, 3.8) is 0 Å². The highest BCUT2D eigenvalue weighted by atomic mass is 32.5. The highest BCUT2D eigenvalue weighted by Gasteiger charge is 2.46. The van der Waals surface area contributed by atoms with Crippen molar-refractivity contribution in [2.45, 2.75) is 95.3 Å². The molecule has 388 valence electrons. The lowest BCUT2D eigenvalue weighted by molar-refractivity contribution is -0.115. The molecule has 5 aromatic heterocycles. The fourth-order valence-corrected chi connectivity index (χ4v) is 11.8. The molecule has 3 aliphatic rings. The van der Waals surface area contributed by atoms with Crippen molar-refractivity contribution in [1.82, 2.24) is 48.6 Å². The Kier molecular flexibility index (Phi) is 15.6. The minimum Gasteiger partial charge on any atom is -0.394 e. The maximum absolute atomic E-state index is 13.0. The third kappa shape index (κ3) is 12.0. The molecule has 0 saturated carbocycles. The standard InChI is InChI=1S/C35H48N13O18P3S2/c1-14(2)9-58-67(54,55)64-18-6-23(46-7-15(3)30(50)45-35(46)53)62-20(18)10-59-69(57,71)66-27-16(36)4-22(47-12-39-25-28(47)41-33(37)43-31(25)51)63-21(27)11-60-68(56,70)65-17-5-24(61-19(17)8-49)48-13-40-26-29(48)42-34(38)44-32(26)52/h7,12-14,17-24,27,36,49H,4-6,8-11H2,1-3H3,(H,54,55)(H,56,70)(H,57,71)(H,45,50,53)(H3,37,41,43,51)(H3,38,42,44,52)/t17-,18-,19?,20+,21+,22?,23+,24+,27-,68?,69?/m0/s1. The van der Waals surface area contributed by atoms with Gasteiger partial charge in [-0.3, -0.25) is 56.6 Å². The second-order valence-electron chi connectivity index (χ2n) is 16.8. The Labute approximate surface area is 408 Å². The molecule has 0 radical (unpaired) electrons. The fourth-order valence-electron chi connectivity index (χ4n) is 7.81. The zero-order valence-corrected chi connectivity index (χ0v) is 41.7. The monoisotopic (exact) mass is 1100 g/mol. The van der Waals surface area contributed by atoms with Crippen molar-refractivity contribution in [3.05, 3.63) is 66.0 Å². The van der Waals surface area contributed by atoms with Gasteiger partial charge in [-0.15, -0.1) is 0 Å². The number of phosphoric acid groups is 1. The van der Waals surface area contributed by atoms with E-state index in [1.54, 1.807) is 13.8 Å². The van der Waals surface area contributed by atoms with Crippen molar-refractivity contribution in [1.29, 1.82) is 5.41 Å². The van der Waals surface area contributed by atoms with Gasteiger partial charge >= 0.3 is 26.9 Å². The lowest BCUT2D eigenvalue weighted by Gasteiger charge is -2.38. The van der Waals surface area contributed by atoms with Gasteiger partial charge in [-0.2, -0.15) is 9.97 Å². The summed E-state index contributed by atoms with van der Waals surface area (Å²) in [5.41, 5.74) is 8.52. The van der Waals surface area contributed by atoms with Gasteiger partial charge in [0.05, 0.1) is 45.2 Å². The number of hydrogen-bond donors (Lipinski definition) is 10. The Morgan fingerprint density at radius 3 is 1.89 bits per heavy atom. The number of H-pyrrole nitrogens is 3. The van der Waals surface area contributed by atoms with Crippen LogP contribution in [-0.2, 0) is 69.5 Å². The van der Waals surface area contributed by atoms with Gasteiger partial charge in [0.15, 0.2) is 22.3 Å². The zero-order chi connectivity index (χ0) is 51.3. The molecule has 71 heavy (non-hydrogen) atoms. The summed E-state index contributed by atoms with van der Waals surface area (Å²) in [6, 6.07) is 0. The van der Waals surface area contributed by atoms with E-state index in [-0.39, 0.29) is 77.3 Å². The smallest absolute Gasteiger partial charge is 0.394 e. The number of hydrogen-bond acceptors (Lipinski definition) is 24. The first-order chi connectivity index (χ1) is 33.4. The van der Waals surface area contributed by atoms with Crippen molar-refractivity contribution in [2.24, 2.45) is 5.92 Å². The van der Waals surface area contributed by atoms with Gasteiger partial charge in [0.1, 0.15) is 49.2 Å². The van der Waals surface area contributed by atoms with Crippen LogP contribution >= 0.6 is 21.3 Å². The largest absolute Gasteiger partial charge is 0.472 e. The van der Waals surface area contributed by atoms with E-state index < -0.39 is 119 Å². The molecule has 8 rings (SSSR count). The average molecular weight is 1100 g/mol. The number of phosphoric ester groups is 1. The Hall–Kier alpha value is -4.34. The van der Waals surface area contributed by atoms with E-state index in [0.717, 1.165) is 4.57 Å². The normalized spacial score (nSPS) is 27.6. The topological polar surface area (TPSA) is 439 Å². The number of aryl methyl sites for hydroxylation is 1. The van der Waals surface area contributed by atoms with Crippen molar-refractivity contribution >= 4 is 84.8 Å². The zero-order valence-electron chi connectivity index (χ0n) is 37.4. The minimum atomic E-state index is -4.77. The van der Waals surface area contributed by atoms with Crippen LogP contribution in [0.25, 0.3) is 22.3 Å². The van der Waals surface area contributed by atoms with Gasteiger partial charge in [-0.25, -0.2) is 19.3 Å². The molecule has 3 fully saturated rings. The quantitative estimate of drug-likeness (QED) is 0.0468. The van der Waals surface area contributed by atoms with Gasteiger partial charge in [-0.1, -0.05) is 13.8 Å². The number of nitrogens with two attached hydrogens (primary N) is 2. The minimum absolute atomic E-state index is 0.0266. The summed E-state index contributed by atoms with van der Waals surface area (Å²) in [6.45, 7) is -6.19. The SMILES string of the molecule is Cc1cn([C@H]2C[C@H](OP(=O)(O)OCC(C)C)[C@@H](COP(O)(=S)O[C@H]3C(=N)CC(n4cnc5c(=O)[nH]c(N)nc54)O[C@@H]3COP(O)(=S)O[C@H]3C[C@H](n4cnc5c(=O)[nH]c(N)nc54)OC3CO)O2)c(=O)[nH]c1=O. The molecule has 0 spiro atoms. The van der Waals surface area contributed by atoms with E-state index in [0.29, 0.717) is 0 Å². The van der Waals surface area contributed by atoms with E-state index in [1.807, 2.05) is 0 Å². The third-order valence-corrected chi connectivity index (χ3v) is 15.2. The molecule has 3 aliphatic heterocycles. The molecule has 12 atom stereocenters. The van der Waals surface area contributed by atoms with Crippen LogP contribution in [0, 0.1) is 18.3 Å². The highest BCUT2D eigenvalue weighted by Crippen LogP contribution is 2.53. The number of ether oxygens (including phenoxy) is 3. The lowest BCUT2D eigenvalue weighted by Crippen LogP contribution is -2.47. The molecule has 31 nitrogen and oxygen atoms in total. The summed E-state index contributed by atoms with van der Waals surface area (Å²) in [5, 5.41) is 19.3. The van der Waals surface area contributed by atoms with Crippen molar-refractivity contribution in [2.75, 3.05) is 37.9 Å². The van der Waals surface area contributed by atoms with Crippen LogP contribution in [0.5, 0.6) is 0 Å². The number of anilines is 2. The average Bonchev–Trinajstić information content (AvgIpc) is 4.09. The first-order valence-corrected chi connectivity index (χ1v) is 28.0. The van der Waals surface area contributed by atoms with Crippen LogP contribution in [0.2, 0.25) is 0 Å². The summed E-state index contributed by atoms with van der Waals surface area (Å²) in [5.74, 6) is -0.605. The Balaban J connectivity index is 1.01. The Morgan fingerprint density at radius 1 is 0.775 bits per heavy atom. The predicted octanol–water partition coefficient (Wildman–Crippen LogP) is -0.454. The Morgan fingerprint density at radius 2 is 1.30 bits per heavy atom. The van der Waals surface area contributed by atoms with Crippen LogP contribution < -0.4 is 33.8 Å². The molecule has 36 heteroatoms. The molecule has 3 saturated heterocycles. The van der Waals surface area contributed by atoms with Gasteiger partial charge < -0.3 is 64.4 Å². The molecular weight excluding hydrogens is 1050 g/mol. The summed E-state index contributed by atoms with van der Waals surface area (Å²) in [7, 11) is -4.77. The number of nitrogen functional groups attached to an aromatic ring is 2. The number of aliphatic hydroxyl groups is 1. The van der Waals surface area contributed by atoms with Crippen LogP contribution in [0.1, 0.15) is 57.4 Å². The van der Waals surface area contributed by atoms with Crippen LogP contribution in [0.15, 0.2) is 38.0 Å². The molecule has 5 unspecified atom stereocenters. The molecule has 0 bridgehead atoms. The molecule has 12 N–H and O–H groups in total. The third-order valence-electron chi connectivity index (χ3n) is 11.1. The van der Waals surface area contributed by atoms with Crippen LogP contribution in [0.3, 0.4) is 0 Å². The van der Waals surface area contributed by atoms with Gasteiger partial charge in [0.2, 0.25) is 11.9 Å². The number of aromatic amines is 3. The fraction of sp³-hybridized carbons (Fsp3) is 0.571.